The minimum absolute atomic E-state index is 0.0469. The Labute approximate surface area is 165 Å². The highest BCUT2D eigenvalue weighted by Crippen LogP contribution is 2.61. The Balaban J connectivity index is 1.59. The van der Waals surface area contributed by atoms with Crippen molar-refractivity contribution >= 4 is 26.0 Å². The molecule has 6 heteroatoms. The highest BCUT2D eigenvalue weighted by Gasteiger charge is 2.53. The second kappa shape index (κ2) is 6.78. The number of halogens is 1. The van der Waals surface area contributed by atoms with E-state index in [-0.39, 0.29) is 16.4 Å². The van der Waals surface area contributed by atoms with E-state index < -0.39 is 10.0 Å². The zero-order chi connectivity index (χ0) is 18.5. The van der Waals surface area contributed by atoms with E-state index in [1.54, 1.807) is 12.1 Å². The maximum Gasteiger partial charge on any atom is 0.244 e. The van der Waals surface area contributed by atoms with Gasteiger partial charge in [-0.2, -0.15) is 0 Å². The normalized spacial score (nSPS) is 34.0. The van der Waals surface area contributed by atoms with Gasteiger partial charge in [0.15, 0.2) is 0 Å². The van der Waals surface area contributed by atoms with Crippen molar-refractivity contribution in [1.29, 1.82) is 0 Å². The molecule has 5 rings (SSSR count). The molecule has 26 heavy (non-hydrogen) atoms. The molecule has 0 spiro atoms. The van der Waals surface area contributed by atoms with Crippen LogP contribution in [0.5, 0.6) is 5.75 Å². The number of nitrogens with one attached hydrogen (secondary N) is 1. The average molecular weight is 442 g/mol. The summed E-state index contributed by atoms with van der Waals surface area (Å²) < 4.78 is 35.7. The predicted octanol–water partition coefficient (Wildman–Crippen LogP) is 4.73. The van der Waals surface area contributed by atoms with Crippen LogP contribution in [0.2, 0.25) is 0 Å². The molecule has 4 saturated carbocycles. The van der Waals surface area contributed by atoms with Gasteiger partial charge in [-0.25, -0.2) is 13.1 Å². The van der Waals surface area contributed by atoms with Crippen LogP contribution < -0.4 is 9.46 Å². The molecule has 4 nitrogen and oxygen atoms in total. The molecule has 0 aliphatic heterocycles. The fourth-order valence-corrected chi connectivity index (χ4v) is 8.12. The first-order valence-electron chi connectivity index (χ1n) is 9.76. The monoisotopic (exact) mass is 441 g/mol. The molecule has 1 atom stereocenters. The molecule has 0 unspecified atom stereocenters. The van der Waals surface area contributed by atoms with E-state index in [0.29, 0.717) is 12.4 Å². The van der Waals surface area contributed by atoms with Crippen molar-refractivity contribution in [1.82, 2.24) is 4.72 Å². The lowest BCUT2D eigenvalue weighted by atomic mass is 9.48. The minimum atomic E-state index is -3.63. The molecular formula is C20H28BrNO3S. The van der Waals surface area contributed by atoms with Gasteiger partial charge in [0, 0.05) is 10.5 Å². The number of ether oxygens (including phenoxy) is 1. The van der Waals surface area contributed by atoms with Crippen molar-refractivity contribution in [3.8, 4) is 5.75 Å². The molecule has 0 amide bonds. The Morgan fingerprint density at radius 2 is 1.77 bits per heavy atom. The fourth-order valence-electron chi connectivity index (χ4n) is 6.10. The van der Waals surface area contributed by atoms with Gasteiger partial charge in [-0.3, -0.25) is 0 Å². The largest absolute Gasteiger partial charge is 0.492 e. The number of sulfonamides is 1. The molecule has 1 N–H and O–H groups in total. The van der Waals surface area contributed by atoms with Crippen LogP contribution in [0.3, 0.4) is 0 Å². The molecule has 0 saturated heterocycles. The van der Waals surface area contributed by atoms with Gasteiger partial charge in [-0.15, -0.1) is 0 Å². The molecule has 4 aliphatic carbocycles. The highest BCUT2D eigenvalue weighted by atomic mass is 79.9. The van der Waals surface area contributed by atoms with Crippen LogP contribution in [0.4, 0.5) is 0 Å². The Morgan fingerprint density at radius 1 is 1.19 bits per heavy atom. The number of benzene rings is 1. The summed E-state index contributed by atoms with van der Waals surface area (Å²) in [4.78, 5) is 0.227. The summed E-state index contributed by atoms with van der Waals surface area (Å²) in [5.41, 5.74) is 0.139. The van der Waals surface area contributed by atoms with Crippen LogP contribution in [0, 0.1) is 23.2 Å². The molecule has 4 fully saturated rings. The Bertz CT molecular complexity index is 757. The van der Waals surface area contributed by atoms with Crippen molar-refractivity contribution in [2.45, 2.75) is 63.3 Å². The molecule has 0 radical (unpaired) electrons. The van der Waals surface area contributed by atoms with E-state index in [1.165, 1.54) is 38.5 Å². The third-order valence-electron chi connectivity index (χ3n) is 6.83. The summed E-state index contributed by atoms with van der Waals surface area (Å²) in [6.45, 7) is 4.38. The second-order valence-corrected chi connectivity index (χ2v) is 11.2. The molecular weight excluding hydrogens is 414 g/mol. The number of hydrogen-bond donors (Lipinski definition) is 1. The lowest BCUT2D eigenvalue weighted by molar-refractivity contribution is -0.0666. The first-order valence-corrected chi connectivity index (χ1v) is 12.0. The zero-order valence-electron chi connectivity index (χ0n) is 15.5. The Hall–Kier alpha value is -0.590. The van der Waals surface area contributed by atoms with Crippen LogP contribution >= 0.6 is 15.9 Å². The fraction of sp³-hybridized carbons (Fsp3) is 0.700. The molecule has 4 bridgehead atoms. The summed E-state index contributed by atoms with van der Waals surface area (Å²) >= 11 is 3.39. The van der Waals surface area contributed by atoms with Crippen molar-refractivity contribution < 1.29 is 13.2 Å². The Kier molecular flexibility index (Phi) is 4.89. The van der Waals surface area contributed by atoms with E-state index in [4.69, 9.17) is 4.74 Å². The standard InChI is InChI=1S/C20H28BrNO3S/c1-3-25-18-5-4-17(21)9-19(18)26(23,24)22-13(2)20-10-14-6-15(11-20)8-16(7-14)12-20/h4-5,9,13-16,22H,3,6-8,10-12H2,1-2H3/t13-,14?,15?,16?,20?/m0/s1. The maximum atomic E-state index is 13.2. The van der Waals surface area contributed by atoms with Crippen molar-refractivity contribution in [3.05, 3.63) is 22.7 Å². The van der Waals surface area contributed by atoms with E-state index in [0.717, 1.165) is 22.2 Å². The van der Waals surface area contributed by atoms with Crippen LogP contribution in [0.15, 0.2) is 27.6 Å². The van der Waals surface area contributed by atoms with Gasteiger partial charge in [0.1, 0.15) is 10.6 Å². The van der Waals surface area contributed by atoms with E-state index in [2.05, 4.69) is 27.6 Å². The first kappa shape index (κ1) is 18.8. The molecule has 0 aromatic heterocycles. The summed E-state index contributed by atoms with van der Waals surface area (Å²) in [5, 5.41) is 0. The van der Waals surface area contributed by atoms with Gasteiger partial charge >= 0.3 is 0 Å². The summed E-state index contributed by atoms with van der Waals surface area (Å²) in [5.74, 6) is 2.83. The molecule has 1 aromatic rings. The minimum Gasteiger partial charge on any atom is -0.492 e. The van der Waals surface area contributed by atoms with Gasteiger partial charge in [0.25, 0.3) is 0 Å². The third-order valence-corrected chi connectivity index (χ3v) is 8.89. The van der Waals surface area contributed by atoms with Crippen LogP contribution in [-0.2, 0) is 10.0 Å². The molecule has 1 aromatic carbocycles. The van der Waals surface area contributed by atoms with Crippen molar-refractivity contribution in [2.24, 2.45) is 23.2 Å². The van der Waals surface area contributed by atoms with Gasteiger partial charge in [-0.05, 0) is 93.7 Å². The van der Waals surface area contributed by atoms with Gasteiger partial charge in [0.05, 0.1) is 6.61 Å². The lowest BCUT2D eigenvalue weighted by Crippen LogP contribution is -2.55. The van der Waals surface area contributed by atoms with Gasteiger partial charge in [0.2, 0.25) is 10.0 Å². The highest BCUT2D eigenvalue weighted by molar-refractivity contribution is 9.10. The zero-order valence-corrected chi connectivity index (χ0v) is 17.9. The number of hydrogen-bond acceptors (Lipinski definition) is 3. The smallest absolute Gasteiger partial charge is 0.244 e. The van der Waals surface area contributed by atoms with Crippen molar-refractivity contribution in [3.63, 3.8) is 0 Å². The van der Waals surface area contributed by atoms with Crippen molar-refractivity contribution in [2.75, 3.05) is 6.61 Å². The molecule has 4 aliphatic rings. The van der Waals surface area contributed by atoms with Gasteiger partial charge in [-0.1, -0.05) is 15.9 Å². The third kappa shape index (κ3) is 3.33. The van der Waals surface area contributed by atoms with E-state index in [1.807, 2.05) is 13.0 Å². The predicted molar refractivity (Wildman–Crippen MR) is 106 cm³/mol. The SMILES string of the molecule is CCOc1ccc(Br)cc1S(=O)(=O)N[C@@H](C)C12CC3CC(CC(C3)C1)C2. The summed E-state index contributed by atoms with van der Waals surface area (Å²) in [6.07, 6.45) is 7.62. The van der Waals surface area contributed by atoms with E-state index in [9.17, 15) is 8.42 Å². The summed E-state index contributed by atoms with van der Waals surface area (Å²) in [7, 11) is -3.63. The first-order chi connectivity index (χ1) is 12.3. The van der Waals surface area contributed by atoms with Gasteiger partial charge < -0.3 is 4.74 Å². The lowest BCUT2D eigenvalue weighted by Gasteiger charge is -2.59. The maximum absolute atomic E-state index is 13.2. The van der Waals surface area contributed by atoms with E-state index >= 15 is 0 Å². The topological polar surface area (TPSA) is 55.4 Å². The van der Waals surface area contributed by atoms with Crippen LogP contribution in [-0.4, -0.2) is 21.1 Å². The second-order valence-electron chi connectivity index (χ2n) is 8.65. The van der Waals surface area contributed by atoms with Crippen LogP contribution in [0.25, 0.3) is 0 Å². The number of rotatable bonds is 6. The molecule has 0 heterocycles. The quantitative estimate of drug-likeness (QED) is 0.693. The molecule has 144 valence electrons. The Morgan fingerprint density at radius 3 is 2.31 bits per heavy atom. The average Bonchev–Trinajstić information content (AvgIpc) is 2.55. The summed E-state index contributed by atoms with van der Waals surface area (Å²) in [6, 6.07) is 5.12. The van der Waals surface area contributed by atoms with Crippen LogP contribution in [0.1, 0.15) is 52.4 Å².